The van der Waals surface area contributed by atoms with Crippen molar-refractivity contribution in [3.05, 3.63) is 28.8 Å². The van der Waals surface area contributed by atoms with Gasteiger partial charge in [-0.15, -0.1) is 12.4 Å². The number of hydrogen-bond donors (Lipinski definition) is 1. The molecule has 1 aliphatic heterocycles. The Labute approximate surface area is 150 Å². The summed E-state index contributed by atoms with van der Waals surface area (Å²) in [6.45, 7) is 3.99. The summed E-state index contributed by atoms with van der Waals surface area (Å²) in [6.07, 6.45) is 7.27. The predicted molar refractivity (Wildman–Crippen MR) is 98.6 cm³/mol. The normalized spacial score (nSPS) is 23.9. The molecule has 3 nitrogen and oxygen atoms in total. The number of para-hydroxylation sites is 1. The van der Waals surface area contributed by atoms with Crippen LogP contribution in [-0.2, 0) is 4.79 Å². The van der Waals surface area contributed by atoms with E-state index in [1.54, 1.807) is 0 Å². The van der Waals surface area contributed by atoms with Crippen LogP contribution in [0.1, 0.15) is 44.1 Å². The number of rotatable bonds is 4. The Balaban J connectivity index is 0.00000192. The fourth-order valence-electron chi connectivity index (χ4n) is 4.07. The highest BCUT2D eigenvalue weighted by atomic mass is 35.5. The number of piperidine rings is 1. The van der Waals surface area contributed by atoms with Crippen molar-refractivity contribution in [2.24, 2.45) is 5.92 Å². The largest absolute Gasteiger partial charge is 0.325 e. The second kappa shape index (κ2) is 8.36. The maximum absolute atomic E-state index is 12.3. The van der Waals surface area contributed by atoms with Gasteiger partial charge in [-0.3, -0.25) is 9.69 Å². The standard InChI is InChI=1S/C18H25ClN2O.ClH/c1-13-5-2-8-15(19)18(13)20-17(22)10-12-21-11-4-7-14-6-3-9-16(14)21;/h2,5,8,14,16H,3-4,6-7,9-12H2,1H3,(H,20,22);1H/t14-,16+;/m1./s1. The molecule has 23 heavy (non-hydrogen) atoms. The first-order valence-electron chi connectivity index (χ1n) is 8.44. The molecule has 2 aliphatic rings. The molecule has 1 amide bonds. The van der Waals surface area contributed by atoms with Crippen molar-refractivity contribution in [1.82, 2.24) is 4.90 Å². The van der Waals surface area contributed by atoms with E-state index >= 15 is 0 Å². The van der Waals surface area contributed by atoms with Crippen molar-refractivity contribution in [2.75, 3.05) is 18.4 Å². The summed E-state index contributed by atoms with van der Waals surface area (Å²) >= 11 is 6.17. The Bertz CT molecular complexity index is 530. The monoisotopic (exact) mass is 356 g/mol. The second-order valence-electron chi connectivity index (χ2n) is 6.67. The van der Waals surface area contributed by atoms with Gasteiger partial charge in [-0.25, -0.2) is 0 Å². The summed E-state index contributed by atoms with van der Waals surface area (Å²) in [7, 11) is 0. The van der Waals surface area contributed by atoms with Crippen LogP contribution in [0.25, 0.3) is 0 Å². The van der Waals surface area contributed by atoms with Gasteiger partial charge in [0.1, 0.15) is 0 Å². The predicted octanol–water partition coefficient (Wildman–Crippen LogP) is 4.66. The molecule has 0 unspecified atom stereocenters. The Morgan fingerprint density at radius 3 is 2.87 bits per heavy atom. The molecule has 1 N–H and O–H groups in total. The molecular weight excluding hydrogens is 331 g/mol. The maximum Gasteiger partial charge on any atom is 0.225 e. The Kier molecular flexibility index (Phi) is 6.75. The second-order valence-corrected chi connectivity index (χ2v) is 7.07. The summed E-state index contributed by atoms with van der Waals surface area (Å²) in [5.41, 5.74) is 1.77. The van der Waals surface area contributed by atoms with Gasteiger partial charge in [0.15, 0.2) is 0 Å². The quantitative estimate of drug-likeness (QED) is 0.850. The fraction of sp³-hybridized carbons (Fsp3) is 0.611. The third-order valence-corrected chi connectivity index (χ3v) is 5.54. The maximum atomic E-state index is 12.3. The van der Waals surface area contributed by atoms with Gasteiger partial charge in [0, 0.05) is 19.0 Å². The summed E-state index contributed by atoms with van der Waals surface area (Å²) in [5, 5.41) is 3.59. The molecule has 1 aliphatic carbocycles. The SMILES string of the molecule is Cc1cccc(Cl)c1NC(=O)CCN1CCC[C@H]2CCC[C@@H]21.Cl. The van der Waals surface area contributed by atoms with E-state index in [0.29, 0.717) is 11.4 Å². The van der Waals surface area contributed by atoms with Crippen molar-refractivity contribution < 1.29 is 4.79 Å². The van der Waals surface area contributed by atoms with Crippen molar-refractivity contribution >= 4 is 35.6 Å². The van der Waals surface area contributed by atoms with Crippen molar-refractivity contribution in [2.45, 2.75) is 51.5 Å². The topological polar surface area (TPSA) is 32.3 Å². The van der Waals surface area contributed by atoms with Crippen LogP contribution in [0, 0.1) is 12.8 Å². The lowest BCUT2D eigenvalue weighted by atomic mass is 9.92. The number of anilines is 1. The average Bonchev–Trinajstić information content (AvgIpc) is 2.98. The number of amides is 1. The molecule has 0 radical (unpaired) electrons. The Hall–Kier alpha value is -0.770. The van der Waals surface area contributed by atoms with Gasteiger partial charge in [0.05, 0.1) is 10.7 Å². The molecule has 128 valence electrons. The van der Waals surface area contributed by atoms with E-state index in [4.69, 9.17) is 11.6 Å². The van der Waals surface area contributed by atoms with Gasteiger partial charge in [-0.1, -0.05) is 30.2 Å². The zero-order chi connectivity index (χ0) is 15.5. The first-order valence-corrected chi connectivity index (χ1v) is 8.82. The summed E-state index contributed by atoms with van der Waals surface area (Å²) in [6, 6.07) is 6.41. The third kappa shape index (κ3) is 4.40. The van der Waals surface area contributed by atoms with Gasteiger partial charge in [-0.2, -0.15) is 0 Å². The Morgan fingerprint density at radius 1 is 1.30 bits per heavy atom. The molecule has 0 aromatic heterocycles. The Morgan fingerprint density at radius 2 is 2.09 bits per heavy atom. The molecule has 5 heteroatoms. The molecule has 2 fully saturated rings. The lowest BCUT2D eigenvalue weighted by Crippen LogP contribution is -2.43. The molecule has 1 aromatic rings. The number of carbonyl (C=O) groups excluding carboxylic acids is 1. The lowest BCUT2D eigenvalue weighted by molar-refractivity contribution is -0.116. The number of nitrogens with zero attached hydrogens (tertiary/aromatic N) is 1. The number of halogens is 2. The van der Waals surface area contributed by atoms with E-state index in [2.05, 4.69) is 10.2 Å². The number of benzene rings is 1. The molecule has 1 heterocycles. The summed E-state index contributed by atoms with van der Waals surface area (Å²) in [4.78, 5) is 14.8. The molecule has 1 saturated heterocycles. The van der Waals surface area contributed by atoms with Crippen LogP contribution in [0.2, 0.25) is 5.02 Å². The van der Waals surface area contributed by atoms with Crippen LogP contribution in [0.5, 0.6) is 0 Å². The third-order valence-electron chi connectivity index (χ3n) is 5.22. The van der Waals surface area contributed by atoms with Crippen LogP contribution < -0.4 is 5.32 Å². The zero-order valence-corrected chi connectivity index (χ0v) is 15.3. The van der Waals surface area contributed by atoms with Gasteiger partial charge in [0.25, 0.3) is 0 Å². The number of aryl methyl sites for hydroxylation is 1. The van der Waals surface area contributed by atoms with Crippen molar-refractivity contribution in [3.63, 3.8) is 0 Å². The van der Waals surface area contributed by atoms with E-state index in [0.717, 1.165) is 36.3 Å². The highest BCUT2D eigenvalue weighted by molar-refractivity contribution is 6.33. The minimum Gasteiger partial charge on any atom is -0.325 e. The molecule has 0 spiro atoms. The smallest absolute Gasteiger partial charge is 0.225 e. The van der Waals surface area contributed by atoms with Crippen LogP contribution in [-0.4, -0.2) is 29.9 Å². The number of nitrogens with one attached hydrogen (secondary N) is 1. The number of likely N-dealkylation sites (tertiary alicyclic amines) is 1. The minimum atomic E-state index is 0. The lowest BCUT2D eigenvalue weighted by Gasteiger charge is -2.37. The van der Waals surface area contributed by atoms with Crippen LogP contribution >= 0.6 is 24.0 Å². The van der Waals surface area contributed by atoms with Gasteiger partial charge < -0.3 is 5.32 Å². The first-order chi connectivity index (χ1) is 10.6. The molecule has 3 rings (SSSR count). The summed E-state index contributed by atoms with van der Waals surface area (Å²) in [5.74, 6) is 0.943. The van der Waals surface area contributed by atoms with Crippen LogP contribution in [0.3, 0.4) is 0 Å². The number of fused-ring (bicyclic) bond motifs is 1. The first kappa shape index (κ1) is 18.6. The van der Waals surface area contributed by atoms with E-state index in [9.17, 15) is 4.79 Å². The molecular formula is C18H26Cl2N2O. The van der Waals surface area contributed by atoms with E-state index in [1.165, 1.54) is 32.1 Å². The average molecular weight is 357 g/mol. The van der Waals surface area contributed by atoms with Crippen LogP contribution in [0.15, 0.2) is 18.2 Å². The number of carbonyl (C=O) groups is 1. The molecule has 2 atom stereocenters. The highest BCUT2D eigenvalue weighted by Crippen LogP contribution is 2.36. The van der Waals surface area contributed by atoms with Gasteiger partial charge in [-0.05, 0) is 56.7 Å². The zero-order valence-electron chi connectivity index (χ0n) is 13.7. The van der Waals surface area contributed by atoms with Crippen molar-refractivity contribution in [3.8, 4) is 0 Å². The highest BCUT2D eigenvalue weighted by Gasteiger charge is 2.34. The van der Waals surface area contributed by atoms with Gasteiger partial charge >= 0.3 is 0 Å². The molecule has 1 aromatic carbocycles. The molecule has 0 bridgehead atoms. The minimum absolute atomic E-state index is 0. The van der Waals surface area contributed by atoms with E-state index < -0.39 is 0 Å². The van der Waals surface area contributed by atoms with Crippen LogP contribution in [0.4, 0.5) is 5.69 Å². The summed E-state index contributed by atoms with van der Waals surface area (Å²) < 4.78 is 0. The fourth-order valence-corrected chi connectivity index (χ4v) is 4.34. The van der Waals surface area contributed by atoms with Gasteiger partial charge in [0.2, 0.25) is 5.91 Å². The van der Waals surface area contributed by atoms with E-state index in [1.807, 2.05) is 25.1 Å². The number of hydrogen-bond acceptors (Lipinski definition) is 2. The van der Waals surface area contributed by atoms with Crippen molar-refractivity contribution in [1.29, 1.82) is 0 Å². The van der Waals surface area contributed by atoms with E-state index in [-0.39, 0.29) is 18.3 Å². The molecule has 1 saturated carbocycles.